The van der Waals surface area contributed by atoms with Gasteiger partial charge in [0.1, 0.15) is 0 Å². The number of hydrogen-bond acceptors (Lipinski definition) is 5. The van der Waals surface area contributed by atoms with E-state index < -0.39 is 0 Å². The van der Waals surface area contributed by atoms with E-state index in [1.807, 2.05) is 0 Å². The highest BCUT2D eigenvalue weighted by Crippen LogP contribution is 2.12. The molecular formula is C10H19N3OS. The third-order valence-electron chi connectivity index (χ3n) is 2.24. The van der Waals surface area contributed by atoms with Crippen molar-refractivity contribution in [1.29, 1.82) is 0 Å². The van der Waals surface area contributed by atoms with Crippen LogP contribution in [0.3, 0.4) is 0 Å². The Morgan fingerprint density at radius 3 is 2.73 bits per heavy atom. The molecule has 0 aromatic rings. The molecule has 86 valence electrons. The smallest absolute Gasteiger partial charge is 0.180 e. The fourth-order valence-corrected chi connectivity index (χ4v) is 2.00. The molecule has 1 rings (SSSR count). The van der Waals surface area contributed by atoms with Gasteiger partial charge in [-0.25, -0.2) is 0 Å². The van der Waals surface area contributed by atoms with Crippen LogP contribution in [0.25, 0.3) is 0 Å². The zero-order valence-corrected chi connectivity index (χ0v) is 10.1. The molecule has 0 aromatic carbocycles. The minimum absolute atomic E-state index is 0.582. The maximum Gasteiger partial charge on any atom is 0.180 e. The molecule has 1 aliphatic rings. The fourth-order valence-electron chi connectivity index (χ4n) is 1.39. The van der Waals surface area contributed by atoms with Crippen LogP contribution in [0.1, 0.15) is 32.1 Å². The topological polar surface area (TPSA) is 60.0 Å². The quantitative estimate of drug-likeness (QED) is 0.679. The second-order valence-electron chi connectivity index (χ2n) is 3.55. The van der Waals surface area contributed by atoms with Crippen molar-refractivity contribution < 1.29 is 4.74 Å². The molecule has 0 fully saturated rings. The van der Waals surface area contributed by atoms with Crippen molar-refractivity contribution in [2.45, 2.75) is 32.1 Å². The van der Waals surface area contributed by atoms with Gasteiger partial charge in [0.05, 0.1) is 5.71 Å². The largest absolute Gasteiger partial charge is 0.385 e. The lowest BCUT2D eigenvalue weighted by Crippen LogP contribution is -2.15. The van der Waals surface area contributed by atoms with Crippen LogP contribution in [0.15, 0.2) is 10.2 Å². The van der Waals surface area contributed by atoms with Crippen LogP contribution < -0.4 is 5.73 Å². The first-order valence-electron chi connectivity index (χ1n) is 5.33. The molecule has 5 heteroatoms. The number of ether oxygens (including phenoxy) is 1. The molecule has 0 bridgehead atoms. The summed E-state index contributed by atoms with van der Waals surface area (Å²) in [6.45, 7) is 0.873. The first-order chi connectivity index (χ1) is 7.33. The van der Waals surface area contributed by atoms with E-state index >= 15 is 0 Å². The summed E-state index contributed by atoms with van der Waals surface area (Å²) in [5.74, 6) is 0.910. The Labute approximate surface area is 95.4 Å². The lowest BCUT2D eigenvalue weighted by Gasteiger charge is -2.08. The Morgan fingerprint density at radius 2 is 2.07 bits per heavy atom. The summed E-state index contributed by atoms with van der Waals surface area (Å²) in [4.78, 5) is 0. The van der Waals surface area contributed by atoms with E-state index in [4.69, 9.17) is 10.5 Å². The Morgan fingerprint density at radius 1 is 1.27 bits per heavy atom. The third kappa shape index (κ3) is 5.79. The lowest BCUT2D eigenvalue weighted by molar-refractivity contribution is 0.192. The molecule has 2 N–H and O–H groups in total. The maximum absolute atomic E-state index is 5.50. The molecule has 1 heterocycles. The van der Waals surface area contributed by atoms with Crippen molar-refractivity contribution in [3.05, 3.63) is 0 Å². The monoisotopic (exact) mass is 229 g/mol. The van der Waals surface area contributed by atoms with Crippen LogP contribution in [-0.4, -0.2) is 30.3 Å². The van der Waals surface area contributed by atoms with Crippen molar-refractivity contribution in [3.8, 4) is 0 Å². The van der Waals surface area contributed by atoms with Crippen LogP contribution in [-0.2, 0) is 4.74 Å². The number of hydrogen-bond donors (Lipinski definition) is 1. The number of rotatable bonds is 7. The van der Waals surface area contributed by atoms with Crippen LogP contribution in [0, 0.1) is 0 Å². The molecule has 4 nitrogen and oxygen atoms in total. The van der Waals surface area contributed by atoms with Crippen LogP contribution in [0.2, 0.25) is 0 Å². The van der Waals surface area contributed by atoms with Gasteiger partial charge in [-0.3, -0.25) is 0 Å². The summed E-state index contributed by atoms with van der Waals surface area (Å²) in [5, 5.41) is 8.53. The highest BCUT2D eigenvalue weighted by molar-refractivity contribution is 8.14. The number of unbranched alkanes of at least 4 members (excludes halogenated alkanes) is 3. The van der Waals surface area contributed by atoms with Crippen molar-refractivity contribution in [2.75, 3.05) is 19.5 Å². The SMILES string of the molecule is COCCCCCCC1=NN=C(N)SC1. The van der Waals surface area contributed by atoms with Crippen LogP contribution in [0.4, 0.5) is 0 Å². The molecule has 15 heavy (non-hydrogen) atoms. The zero-order chi connectivity index (χ0) is 10.9. The Kier molecular flexibility index (Phi) is 6.43. The van der Waals surface area contributed by atoms with Gasteiger partial charge in [-0.15, -0.1) is 5.10 Å². The van der Waals surface area contributed by atoms with Gasteiger partial charge in [-0.2, -0.15) is 5.10 Å². The number of nitrogens with zero attached hydrogens (tertiary/aromatic N) is 2. The Balaban J connectivity index is 2.01. The summed E-state index contributed by atoms with van der Waals surface area (Å²) < 4.78 is 4.99. The molecule has 0 radical (unpaired) electrons. The van der Waals surface area contributed by atoms with Gasteiger partial charge in [0.25, 0.3) is 0 Å². The second kappa shape index (κ2) is 7.70. The average molecular weight is 229 g/mol. The minimum atomic E-state index is 0.582. The van der Waals surface area contributed by atoms with Crippen molar-refractivity contribution in [3.63, 3.8) is 0 Å². The number of amidine groups is 1. The van der Waals surface area contributed by atoms with Crippen molar-refractivity contribution in [1.82, 2.24) is 0 Å². The number of thioether (sulfide) groups is 1. The van der Waals surface area contributed by atoms with Crippen LogP contribution in [0.5, 0.6) is 0 Å². The molecule has 1 aliphatic heterocycles. The van der Waals surface area contributed by atoms with Gasteiger partial charge < -0.3 is 10.5 Å². The van der Waals surface area contributed by atoms with Gasteiger partial charge in [-0.1, -0.05) is 24.6 Å². The molecule has 0 saturated heterocycles. The summed E-state index contributed by atoms with van der Waals surface area (Å²) in [6, 6.07) is 0. The van der Waals surface area contributed by atoms with Gasteiger partial charge in [0.2, 0.25) is 0 Å². The molecule has 0 aromatic heterocycles. The predicted molar refractivity (Wildman–Crippen MR) is 66.5 cm³/mol. The third-order valence-corrected chi connectivity index (χ3v) is 3.10. The summed E-state index contributed by atoms with van der Waals surface area (Å²) in [7, 11) is 1.75. The average Bonchev–Trinajstić information content (AvgIpc) is 2.26. The molecule has 0 amide bonds. The fraction of sp³-hybridized carbons (Fsp3) is 0.800. The molecule has 0 spiro atoms. The minimum Gasteiger partial charge on any atom is -0.385 e. The summed E-state index contributed by atoms with van der Waals surface area (Å²) >= 11 is 1.58. The molecular weight excluding hydrogens is 210 g/mol. The highest BCUT2D eigenvalue weighted by atomic mass is 32.2. The summed E-state index contributed by atoms with van der Waals surface area (Å²) in [6.07, 6.45) is 5.88. The predicted octanol–water partition coefficient (Wildman–Crippen LogP) is 2.00. The first kappa shape index (κ1) is 12.5. The highest BCUT2D eigenvalue weighted by Gasteiger charge is 2.06. The molecule has 0 atom stereocenters. The van der Waals surface area contributed by atoms with E-state index in [-0.39, 0.29) is 0 Å². The van der Waals surface area contributed by atoms with E-state index in [0.717, 1.165) is 25.2 Å². The summed E-state index contributed by atoms with van der Waals surface area (Å²) in [5.41, 5.74) is 6.67. The van der Waals surface area contributed by atoms with E-state index in [9.17, 15) is 0 Å². The van der Waals surface area contributed by atoms with E-state index in [0.29, 0.717) is 5.17 Å². The Hall–Kier alpha value is -0.550. The molecule has 0 aliphatic carbocycles. The van der Waals surface area contributed by atoms with E-state index in [1.54, 1.807) is 18.9 Å². The van der Waals surface area contributed by atoms with E-state index in [2.05, 4.69) is 10.2 Å². The number of methoxy groups -OCH3 is 1. The van der Waals surface area contributed by atoms with Gasteiger partial charge in [0, 0.05) is 19.5 Å². The normalized spacial score (nSPS) is 16.1. The van der Waals surface area contributed by atoms with Gasteiger partial charge in [0.15, 0.2) is 5.17 Å². The van der Waals surface area contributed by atoms with Gasteiger partial charge in [-0.05, 0) is 19.3 Å². The lowest BCUT2D eigenvalue weighted by atomic mass is 10.1. The first-order valence-corrected chi connectivity index (χ1v) is 6.32. The maximum atomic E-state index is 5.50. The van der Waals surface area contributed by atoms with Crippen molar-refractivity contribution in [2.24, 2.45) is 15.9 Å². The zero-order valence-electron chi connectivity index (χ0n) is 9.24. The van der Waals surface area contributed by atoms with E-state index in [1.165, 1.54) is 25.0 Å². The van der Waals surface area contributed by atoms with Gasteiger partial charge >= 0.3 is 0 Å². The second-order valence-corrected chi connectivity index (χ2v) is 4.55. The molecule has 0 unspecified atom stereocenters. The standard InChI is InChI=1S/C10H19N3OS/c1-14-7-5-3-2-4-6-9-8-15-10(11)13-12-9/h2-8H2,1H3,(H2,11,13). The molecule has 0 saturated carbocycles. The van der Waals surface area contributed by atoms with Crippen LogP contribution >= 0.6 is 11.8 Å². The Bertz CT molecular complexity index is 241. The van der Waals surface area contributed by atoms with Crippen molar-refractivity contribution >= 4 is 22.6 Å². The number of nitrogens with two attached hydrogens (primary N) is 1.